The van der Waals surface area contributed by atoms with Crippen LogP contribution in [0.15, 0.2) is 0 Å². The van der Waals surface area contributed by atoms with Crippen molar-refractivity contribution in [1.29, 1.82) is 0 Å². The minimum Gasteiger partial charge on any atom is -0.412 e. The van der Waals surface area contributed by atoms with Crippen molar-refractivity contribution in [1.82, 2.24) is 0 Å². The molecular formula is H2AlCrOTi. The van der Waals surface area contributed by atoms with E-state index >= 15 is 0 Å². The average molecular weight is 145 g/mol. The van der Waals surface area contributed by atoms with Crippen LogP contribution in [-0.4, -0.2) is 22.8 Å². The molecule has 21 valence electrons. The molecule has 0 amide bonds. The van der Waals surface area contributed by atoms with Gasteiger partial charge in [-0.25, -0.2) is 0 Å². The monoisotopic (exact) mass is 145 g/mol. The first-order valence-electron chi connectivity index (χ1n) is 0. The van der Waals surface area contributed by atoms with Crippen LogP contribution in [0.2, 0.25) is 0 Å². The normalized spacial score (nSPS) is 0. The molecule has 1 nitrogen and oxygen atoms in total. The summed E-state index contributed by atoms with van der Waals surface area (Å²) >= 11 is 0. The van der Waals surface area contributed by atoms with Gasteiger partial charge in [0, 0.05) is 56.4 Å². The Hall–Kier alpha value is 1.74. The number of hydrogen-bond acceptors (Lipinski definition) is 0. The standard InChI is InChI=1S/Al.Cr.H2O.Ti/h;;1H2;. The van der Waals surface area contributed by atoms with Crippen molar-refractivity contribution >= 4 is 17.4 Å². The summed E-state index contributed by atoms with van der Waals surface area (Å²) in [5.41, 5.74) is 0. The zero-order chi connectivity index (χ0) is 0. The van der Waals surface area contributed by atoms with Gasteiger partial charge in [0.1, 0.15) is 0 Å². The average Bonchev–Trinajstić information content (AvgIpc) is 0. The van der Waals surface area contributed by atoms with E-state index in [0.29, 0.717) is 0 Å². The zero-order valence-electron chi connectivity index (χ0n) is 1.99. The van der Waals surface area contributed by atoms with Crippen molar-refractivity contribution < 1.29 is 44.6 Å². The summed E-state index contributed by atoms with van der Waals surface area (Å²) in [6, 6.07) is 0. The maximum Gasteiger partial charge on any atom is 0 e. The fourth-order valence-electron chi connectivity index (χ4n) is 0. The molecule has 4 heteroatoms. The molecule has 0 rings (SSSR count). The number of rotatable bonds is 0. The molecule has 0 fully saturated rings. The molecule has 0 spiro atoms. The summed E-state index contributed by atoms with van der Waals surface area (Å²) in [6.07, 6.45) is 0. The minimum atomic E-state index is 0. The first-order valence-corrected chi connectivity index (χ1v) is 0. The van der Waals surface area contributed by atoms with Gasteiger partial charge >= 0.3 is 0 Å². The molecule has 0 saturated heterocycles. The van der Waals surface area contributed by atoms with Gasteiger partial charge in [0.05, 0.1) is 0 Å². The molecule has 0 aliphatic carbocycles. The van der Waals surface area contributed by atoms with E-state index in [1.807, 2.05) is 0 Å². The van der Waals surface area contributed by atoms with Gasteiger partial charge in [0.25, 0.3) is 0 Å². The third-order valence-electron chi connectivity index (χ3n) is 0. The van der Waals surface area contributed by atoms with Crippen LogP contribution in [0.5, 0.6) is 0 Å². The van der Waals surface area contributed by atoms with E-state index in [0.717, 1.165) is 0 Å². The second-order valence-electron chi connectivity index (χ2n) is 0. The molecule has 0 atom stereocenters. The summed E-state index contributed by atoms with van der Waals surface area (Å²) in [6.45, 7) is 0. The van der Waals surface area contributed by atoms with Gasteiger partial charge in [-0.2, -0.15) is 0 Å². The van der Waals surface area contributed by atoms with Crippen LogP contribution < -0.4 is 0 Å². The SMILES string of the molecule is O.[Al].[Cr].[Ti]. The van der Waals surface area contributed by atoms with Crippen molar-refractivity contribution in [3.05, 3.63) is 0 Å². The molecule has 0 unspecified atom stereocenters. The van der Waals surface area contributed by atoms with Crippen LogP contribution >= 0.6 is 0 Å². The van der Waals surface area contributed by atoms with Gasteiger partial charge in [-0.3, -0.25) is 0 Å². The Morgan fingerprint density at radius 1 is 1.00 bits per heavy atom. The topological polar surface area (TPSA) is 31.5 Å². The first-order chi connectivity index (χ1) is 0. The van der Waals surface area contributed by atoms with Gasteiger partial charge in [0.2, 0.25) is 0 Å². The third-order valence-corrected chi connectivity index (χ3v) is 0. The summed E-state index contributed by atoms with van der Waals surface area (Å²) in [7, 11) is 0. The van der Waals surface area contributed by atoms with E-state index in [9.17, 15) is 0 Å². The Labute approximate surface area is 61.6 Å². The third kappa shape index (κ3) is 9.28. The zero-order valence-corrected chi connectivity index (χ0v) is 5.98. The summed E-state index contributed by atoms with van der Waals surface area (Å²) in [5.74, 6) is 0. The van der Waals surface area contributed by atoms with Crippen molar-refractivity contribution in [2.24, 2.45) is 0 Å². The van der Waals surface area contributed by atoms with Crippen LogP contribution in [0.1, 0.15) is 0 Å². The fourth-order valence-corrected chi connectivity index (χ4v) is 0. The molecule has 2 N–H and O–H groups in total. The maximum absolute atomic E-state index is 0. The van der Waals surface area contributed by atoms with Crippen LogP contribution in [0.3, 0.4) is 0 Å². The molecule has 0 bridgehead atoms. The first kappa shape index (κ1) is 42.6. The molecule has 0 aromatic carbocycles. The second kappa shape index (κ2) is 21.9. The summed E-state index contributed by atoms with van der Waals surface area (Å²) in [5, 5.41) is 0. The molecule has 0 aliphatic heterocycles. The Kier molecular flexibility index (Phi) is 233. The van der Waals surface area contributed by atoms with Crippen LogP contribution in [0, 0.1) is 0 Å². The fraction of sp³-hybridized carbons (Fsp3) is 0. The van der Waals surface area contributed by atoms with Crippen molar-refractivity contribution in [3.8, 4) is 0 Å². The summed E-state index contributed by atoms with van der Waals surface area (Å²) in [4.78, 5) is 0. The molecule has 0 saturated carbocycles. The van der Waals surface area contributed by atoms with Crippen LogP contribution in [-0.2, 0) is 39.1 Å². The Morgan fingerprint density at radius 3 is 1.00 bits per heavy atom. The minimum absolute atomic E-state index is 0. The van der Waals surface area contributed by atoms with Crippen molar-refractivity contribution in [2.45, 2.75) is 0 Å². The van der Waals surface area contributed by atoms with Gasteiger partial charge in [0.15, 0.2) is 0 Å². The second-order valence-corrected chi connectivity index (χ2v) is 0. The van der Waals surface area contributed by atoms with Crippen molar-refractivity contribution in [2.75, 3.05) is 0 Å². The number of hydrogen-bond donors (Lipinski definition) is 0. The summed E-state index contributed by atoms with van der Waals surface area (Å²) < 4.78 is 0. The molecule has 0 aliphatic rings. The van der Waals surface area contributed by atoms with E-state index < -0.39 is 0 Å². The predicted molar refractivity (Wildman–Crippen MR) is 9.37 cm³/mol. The molecular weight excluding hydrogens is 143 g/mol. The molecule has 4 heavy (non-hydrogen) atoms. The molecule has 0 aromatic rings. The van der Waals surface area contributed by atoms with Gasteiger partial charge in [-0.15, -0.1) is 0 Å². The van der Waals surface area contributed by atoms with E-state index in [-0.39, 0.29) is 61.9 Å². The van der Waals surface area contributed by atoms with E-state index in [1.165, 1.54) is 0 Å². The Bertz CT molecular complexity index is 8.00. The Morgan fingerprint density at radius 2 is 1.00 bits per heavy atom. The molecule has 3 radical (unpaired) electrons. The maximum atomic E-state index is 0. The molecule has 0 aromatic heterocycles. The quantitative estimate of drug-likeness (QED) is 0.383. The van der Waals surface area contributed by atoms with Gasteiger partial charge < -0.3 is 5.48 Å². The van der Waals surface area contributed by atoms with Crippen LogP contribution in [0.4, 0.5) is 0 Å². The smallest absolute Gasteiger partial charge is 0 e. The van der Waals surface area contributed by atoms with E-state index in [4.69, 9.17) is 0 Å². The van der Waals surface area contributed by atoms with E-state index in [2.05, 4.69) is 0 Å². The van der Waals surface area contributed by atoms with E-state index in [1.54, 1.807) is 0 Å². The van der Waals surface area contributed by atoms with Crippen LogP contribution in [0.25, 0.3) is 0 Å². The van der Waals surface area contributed by atoms with Gasteiger partial charge in [-0.1, -0.05) is 0 Å². The predicted octanol–water partition coefficient (Wildman–Crippen LogP) is -1.21. The largest absolute Gasteiger partial charge is 0.412 e. The van der Waals surface area contributed by atoms with Crippen molar-refractivity contribution in [3.63, 3.8) is 0 Å². The Balaban J connectivity index is 0. The van der Waals surface area contributed by atoms with Gasteiger partial charge in [-0.05, 0) is 0 Å². The molecule has 0 heterocycles.